The van der Waals surface area contributed by atoms with Crippen molar-refractivity contribution in [3.63, 3.8) is 0 Å². The van der Waals surface area contributed by atoms with Gasteiger partial charge in [0.15, 0.2) is 0 Å². The van der Waals surface area contributed by atoms with Crippen molar-refractivity contribution in [2.75, 3.05) is 6.61 Å². The Kier molecular flexibility index (Phi) is 21.0. The molecule has 6 heteroatoms. The van der Waals surface area contributed by atoms with E-state index in [0.29, 0.717) is 6.42 Å². The molecule has 0 aliphatic rings. The number of hydrogen-bond acceptors (Lipinski definition) is 3. The van der Waals surface area contributed by atoms with Crippen molar-refractivity contribution >= 4 is 61.9 Å². The number of halogens is 1. The van der Waals surface area contributed by atoms with Crippen LogP contribution in [0.15, 0.2) is 0 Å². The molecule has 0 aliphatic heterocycles. The SMILES string of the molecule is CCCCCCCCCCCCCCCOS(=O)(=O)F.[KH]. The van der Waals surface area contributed by atoms with Crippen molar-refractivity contribution in [3.05, 3.63) is 0 Å². The molecule has 3 nitrogen and oxygen atoms in total. The summed E-state index contributed by atoms with van der Waals surface area (Å²) in [5, 5.41) is 0. The third kappa shape index (κ3) is 23.9. The second-order valence-electron chi connectivity index (χ2n) is 5.46. The third-order valence-corrected chi connectivity index (χ3v) is 3.92. The molecule has 0 rings (SSSR count). The molecule has 0 aromatic heterocycles. The Hall–Kier alpha value is 1.48. The standard InChI is InChI=1S/C15H31FO3S.K.H/c1-2-3-4-5-6-7-8-9-10-11-12-13-14-15-19-20(16,17)18;;/h2-15H2,1H3;;. The van der Waals surface area contributed by atoms with Crippen LogP contribution in [-0.2, 0) is 14.7 Å². The van der Waals surface area contributed by atoms with Gasteiger partial charge in [-0.15, -0.1) is 0 Å². The van der Waals surface area contributed by atoms with E-state index in [0.717, 1.165) is 12.8 Å². The minimum atomic E-state index is -4.74. The molecule has 0 aliphatic carbocycles. The van der Waals surface area contributed by atoms with E-state index in [2.05, 4.69) is 11.1 Å². The summed E-state index contributed by atoms with van der Waals surface area (Å²) in [4.78, 5) is 0. The predicted octanol–water partition coefficient (Wildman–Crippen LogP) is 4.66. The van der Waals surface area contributed by atoms with Crippen LogP contribution in [0, 0.1) is 0 Å². The summed E-state index contributed by atoms with van der Waals surface area (Å²) >= 11 is 0. The summed E-state index contributed by atoms with van der Waals surface area (Å²) in [6.45, 7) is 2.21. The van der Waals surface area contributed by atoms with Gasteiger partial charge in [-0.05, 0) is 6.42 Å². The maximum atomic E-state index is 12.0. The van der Waals surface area contributed by atoms with Crippen molar-refractivity contribution in [3.8, 4) is 0 Å². The Morgan fingerprint density at radius 3 is 1.38 bits per heavy atom. The molecule has 0 heterocycles. The molecule has 0 amide bonds. The van der Waals surface area contributed by atoms with E-state index in [-0.39, 0.29) is 58.0 Å². The van der Waals surface area contributed by atoms with E-state index >= 15 is 0 Å². The van der Waals surface area contributed by atoms with Gasteiger partial charge >= 0.3 is 61.9 Å². The maximum absolute atomic E-state index is 12.0. The third-order valence-electron chi connectivity index (χ3n) is 3.47. The molecule has 0 unspecified atom stereocenters. The number of hydrogen-bond donors (Lipinski definition) is 0. The zero-order valence-corrected chi connectivity index (χ0v) is 13.7. The first-order valence-electron chi connectivity index (χ1n) is 8.15. The van der Waals surface area contributed by atoms with E-state index in [1.165, 1.54) is 64.2 Å². The molecule has 0 aromatic carbocycles. The van der Waals surface area contributed by atoms with Gasteiger partial charge in [0.2, 0.25) is 0 Å². The molecule has 0 saturated heterocycles. The van der Waals surface area contributed by atoms with E-state index in [9.17, 15) is 12.3 Å². The van der Waals surface area contributed by atoms with Crippen molar-refractivity contribution in [1.29, 1.82) is 0 Å². The van der Waals surface area contributed by atoms with Crippen LogP contribution in [0.2, 0.25) is 0 Å². The molecule has 0 fully saturated rings. The fraction of sp³-hybridized carbons (Fsp3) is 1.00. The van der Waals surface area contributed by atoms with Crippen LogP contribution in [0.4, 0.5) is 3.89 Å². The molecular weight excluding hydrogens is 318 g/mol. The van der Waals surface area contributed by atoms with Gasteiger partial charge in [-0.2, -0.15) is 8.42 Å². The van der Waals surface area contributed by atoms with Gasteiger partial charge < -0.3 is 0 Å². The van der Waals surface area contributed by atoms with Gasteiger partial charge in [0.1, 0.15) is 0 Å². The summed E-state index contributed by atoms with van der Waals surface area (Å²) in [7, 11) is -4.74. The Balaban J connectivity index is 0. The predicted molar refractivity (Wildman–Crippen MR) is 88.8 cm³/mol. The first-order chi connectivity index (χ1) is 9.56. The zero-order chi connectivity index (χ0) is 15.1. The monoisotopic (exact) mass is 350 g/mol. The van der Waals surface area contributed by atoms with Crippen LogP contribution < -0.4 is 0 Å². The Labute approximate surface area is 173 Å². The van der Waals surface area contributed by atoms with Gasteiger partial charge in [-0.3, -0.25) is 0 Å². The van der Waals surface area contributed by atoms with E-state index in [1.54, 1.807) is 0 Å². The van der Waals surface area contributed by atoms with E-state index < -0.39 is 10.5 Å². The quantitative estimate of drug-likeness (QED) is 0.245. The van der Waals surface area contributed by atoms with Gasteiger partial charge in [-0.1, -0.05) is 87.9 Å². The van der Waals surface area contributed by atoms with Gasteiger partial charge in [-0.25, -0.2) is 4.18 Å². The van der Waals surface area contributed by atoms with Crippen LogP contribution in [0.1, 0.15) is 90.4 Å². The Morgan fingerprint density at radius 2 is 1.05 bits per heavy atom. The zero-order valence-electron chi connectivity index (χ0n) is 12.9. The summed E-state index contributed by atoms with van der Waals surface area (Å²) in [6.07, 6.45) is 15.8. The van der Waals surface area contributed by atoms with Gasteiger partial charge in [0.05, 0.1) is 6.61 Å². The average molecular weight is 351 g/mol. The molecule has 21 heavy (non-hydrogen) atoms. The topological polar surface area (TPSA) is 43.4 Å². The molecule has 0 bridgehead atoms. The van der Waals surface area contributed by atoms with Gasteiger partial charge in [0, 0.05) is 0 Å². The molecule has 0 saturated carbocycles. The van der Waals surface area contributed by atoms with Crippen molar-refractivity contribution in [2.24, 2.45) is 0 Å². The summed E-state index contributed by atoms with van der Waals surface area (Å²) < 4.78 is 36.1. The van der Waals surface area contributed by atoms with Crippen LogP contribution in [-0.4, -0.2) is 66.4 Å². The Bertz CT molecular complexity index is 297. The summed E-state index contributed by atoms with van der Waals surface area (Å²) in [5.74, 6) is 0. The van der Waals surface area contributed by atoms with E-state index in [1.807, 2.05) is 0 Å². The molecule has 0 spiro atoms. The number of rotatable bonds is 15. The van der Waals surface area contributed by atoms with Crippen LogP contribution in [0.3, 0.4) is 0 Å². The van der Waals surface area contributed by atoms with Crippen LogP contribution in [0.5, 0.6) is 0 Å². The molecule has 0 radical (unpaired) electrons. The first kappa shape index (κ1) is 24.7. The molecule has 0 atom stereocenters. The average Bonchev–Trinajstić information content (AvgIpc) is 2.38. The Morgan fingerprint density at radius 1 is 0.714 bits per heavy atom. The fourth-order valence-electron chi connectivity index (χ4n) is 2.28. The van der Waals surface area contributed by atoms with Gasteiger partial charge in [0.25, 0.3) is 0 Å². The van der Waals surface area contributed by atoms with Crippen LogP contribution in [0.25, 0.3) is 0 Å². The normalized spacial score (nSPS) is 11.3. The molecule has 0 N–H and O–H groups in total. The first-order valence-corrected chi connectivity index (χ1v) is 9.46. The van der Waals surface area contributed by atoms with Crippen molar-refractivity contribution in [1.82, 2.24) is 0 Å². The van der Waals surface area contributed by atoms with Crippen molar-refractivity contribution in [2.45, 2.75) is 90.4 Å². The second-order valence-corrected chi connectivity index (χ2v) is 6.48. The number of unbranched alkanes of at least 4 members (excludes halogenated alkanes) is 12. The minimum absolute atomic E-state index is 0. The molecule has 0 aromatic rings. The summed E-state index contributed by atoms with van der Waals surface area (Å²) in [6, 6.07) is 0. The second kappa shape index (κ2) is 17.8. The van der Waals surface area contributed by atoms with Crippen molar-refractivity contribution < 1.29 is 16.5 Å². The molecular formula is C15H32FKO3S. The fourth-order valence-corrected chi connectivity index (χ4v) is 2.60. The summed E-state index contributed by atoms with van der Waals surface area (Å²) in [5.41, 5.74) is 0. The molecule has 124 valence electrons. The van der Waals surface area contributed by atoms with Crippen LogP contribution >= 0.6 is 0 Å². The van der Waals surface area contributed by atoms with E-state index in [4.69, 9.17) is 0 Å².